The van der Waals surface area contributed by atoms with Gasteiger partial charge in [0.15, 0.2) is 11.5 Å². The lowest BCUT2D eigenvalue weighted by molar-refractivity contribution is -0.142. The van der Waals surface area contributed by atoms with E-state index in [2.05, 4.69) is 13.5 Å². The largest absolute Gasteiger partial charge is 0.493 e. The van der Waals surface area contributed by atoms with E-state index in [0.29, 0.717) is 29.2 Å². The fourth-order valence-electron chi connectivity index (χ4n) is 5.22. The van der Waals surface area contributed by atoms with Crippen LogP contribution in [0.25, 0.3) is 0 Å². The fourth-order valence-corrected chi connectivity index (χ4v) is 8.49. The summed E-state index contributed by atoms with van der Waals surface area (Å²) >= 11 is 1.46. The predicted molar refractivity (Wildman–Crippen MR) is 153 cm³/mol. The van der Waals surface area contributed by atoms with Crippen LogP contribution < -0.4 is 9.47 Å². The molecule has 2 aromatic carbocycles. The summed E-state index contributed by atoms with van der Waals surface area (Å²) in [4.78, 5) is 13.1. The number of unbranched alkanes of at least 4 members (excludes halogenated alkanes) is 3. The van der Waals surface area contributed by atoms with E-state index in [9.17, 15) is 18.3 Å². The maximum Gasteiger partial charge on any atom is 0.309 e. The molecule has 208 valence electrons. The van der Waals surface area contributed by atoms with E-state index in [0.717, 1.165) is 31.2 Å². The SMILES string of the molecule is C=CCS[C@H]1[C@@H](C(=O)O)[C@H](c2ccc(OC)c(OC)c2)N(S(=O)(=O)c2ccc(C)cc2)[C@@H]1CCCCCC. The number of carboxylic acid groups (broad SMARTS) is 1. The van der Waals surface area contributed by atoms with Gasteiger partial charge in [-0.15, -0.1) is 6.58 Å². The zero-order valence-electron chi connectivity index (χ0n) is 22.6. The van der Waals surface area contributed by atoms with Crippen molar-refractivity contribution in [2.24, 2.45) is 5.92 Å². The van der Waals surface area contributed by atoms with Crippen LogP contribution in [0.4, 0.5) is 0 Å². The number of ether oxygens (including phenoxy) is 2. The van der Waals surface area contributed by atoms with Crippen LogP contribution in [-0.4, -0.2) is 55.1 Å². The molecule has 0 saturated carbocycles. The molecule has 0 radical (unpaired) electrons. The van der Waals surface area contributed by atoms with Gasteiger partial charge in [0.2, 0.25) is 10.0 Å². The summed E-state index contributed by atoms with van der Waals surface area (Å²) in [7, 11) is -1.02. The number of hydrogen-bond acceptors (Lipinski definition) is 6. The number of carbonyl (C=O) groups is 1. The molecule has 1 heterocycles. The van der Waals surface area contributed by atoms with Gasteiger partial charge in [-0.05, 0) is 43.2 Å². The van der Waals surface area contributed by atoms with E-state index in [1.54, 1.807) is 48.5 Å². The molecule has 1 aliphatic rings. The molecule has 1 aliphatic heterocycles. The Morgan fingerprint density at radius 2 is 1.76 bits per heavy atom. The highest BCUT2D eigenvalue weighted by atomic mass is 32.2. The Kier molecular flexibility index (Phi) is 10.7. The molecular formula is C29H39NO6S2. The first kappa shape index (κ1) is 30.1. The third-order valence-corrected chi connectivity index (χ3v) is 10.4. The van der Waals surface area contributed by atoms with Crippen molar-refractivity contribution in [3.63, 3.8) is 0 Å². The van der Waals surface area contributed by atoms with Gasteiger partial charge in [-0.25, -0.2) is 8.42 Å². The highest BCUT2D eigenvalue weighted by Gasteiger charge is 2.57. The molecule has 7 nitrogen and oxygen atoms in total. The van der Waals surface area contributed by atoms with Crippen molar-refractivity contribution in [3.8, 4) is 11.5 Å². The number of rotatable bonds is 14. The molecular weight excluding hydrogens is 522 g/mol. The van der Waals surface area contributed by atoms with Gasteiger partial charge in [-0.2, -0.15) is 16.1 Å². The van der Waals surface area contributed by atoms with Gasteiger partial charge in [0.05, 0.1) is 31.1 Å². The third-order valence-electron chi connectivity index (χ3n) is 7.06. The molecule has 0 aliphatic carbocycles. The Morgan fingerprint density at radius 1 is 1.08 bits per heavy atom. The van der Waals surface area contributed by atoms with Gasteiger partial charge < -0.3 is 14.6 Å². The summed E-state index contributed by atoms with van der Waals surface area (Å²) in [6, 6.07) is 10.5. The number of carboxylic acids is 1. The van der Waals surface area contributed by atoms with E-state index in [-0.39, 0.29) is 4.90 Å². The summed E-state index contributed by atoms with van der Waals surface area (Å²) in [6.07, 6.45) is 6.19. The lowest BCUT2D eigenvalue weighted by Gasteiger charge is -2.31. The summed E-state index contributed by atoms with van der Waals surface area (Å²) < 4.78 is 41.0. The van der Waals surface area contributed by atoms with E-state index < -0.39 is 39.2 Å². The topological polar surface area (TPSA) is 93.1 Å². The van der Waals surface area contributed by atoms with E-state index >= 15 is 0 Å². The van der Waals surface area contributed by atoms with Crippen molar-refractivity contribution in [1.29, 1.82) is 0 Å². The van der Waals surface area contributed by atoms with Crippen LogP contribution >= 0.6 is 11.8 Å². The van der Waals surface area contributed by atoms with Gasteiger partial charge in [0, 0.05) is 17.0 Å². The van der Waals surface area contributed by atoms with Crippen molar-refractivity contribution in [2.45, 2.75) is 68.2 Å². The van der Waals surface area contributed by atoms with E-state index in [4.69, 9.17) is 9.47 Å². The molecule has 0 amide bonds. The van der Waals surface area contributed by atoms with E-state index in [1.807, 2.05) is 6.92 Å². The van der Waals surface area contributed by atoms with Crippen LogP contribution in [0.1, 0.15) is 56.2 Å². The Labute approximate surface area is 231 Å². The van der Waals surface area contributed by atoms with Crippen molar-refractivity contribution in [1.82, 2.24) is 4.31 Å². The third kappa shape index (κ3) is 6.38. The molecule has 9 heteroatoms. The van der Waals surface area contributed by atoms with Crippen molar-refractivity contribution in [2.75, 3.05) is 20.0 Å². The van der Waals surface area contributed by atoms with Crippen LogP contribution in [0.5, 0.6) is 11.5 Å². The van der Waals surface area contributed by atoms with Crippen LogP contribution in [0.15, 0.2) is 60.0 Å². The lowest BCUT2D eigenvalue weighted by atomic mass is 9.92. The maximum absolute atomic E-state index is 14.3. The molecule has 1 fully saturated rings. The number of aryl methyl sites for hydroxylation is 1. The Morgan fingerprint density at radius 3 is 2.34 bits per heavy atom. The average molecular weight is 562 g/mol. The molecule has 0 aromatic heterocycles. The fraction of sp³-hybridized carbons (Fsp3) is 0.483. The highest BCUT2D eigenvalue weighted by Crippen LogP contribution is 2.51. The molecule has 0 unspecified atom stereocenters. The minimum Gasteiger partial charge on any atom is -0.493 e. The van der Waals surface area contributed by atoms with Crippen LogP contribution in [0, 0.1) is 12.8 Å². The van der Waals surface area contributed by atoms with Gasteiger partial charge in [-0.3, -0.25) is 4.79 Å². The lowest BCUT2D eigenvalue weighted by Crippen LogP contribution is -2.40. The number of sulfonamides is 1. The molecule has 0 bridgehead atoms. The maximum atomic E-state index is 14.3. The van der Waals surface area contributed by atoms with Gasteiger partial charge >= 0.3 is 5.97 Å². The summed E-state index contributed by atoms with van der Waals surface area (Å²) in [5.41, 5.74) is 1.51. The normalized spacial score (nSPS) is 21.8. The zero-order chi connectivity index (χ0) is 27.9. The number of aliphatic carboxylic acids is 1. The van der Waals surface area contributed by atoms with Crippen molar-refractivity contribution < 1.29 is 27.8 Å². The predicted octanol–water partition coefficient (Wildman–Crippen LogP) is 6.09. The molecule has 0 spiro atoms. The minimum absolute atomic E-state index is 0.158. The summed E-state index contributed by atoms with van der Waals surface area (Å²) in [5.74, 6) is -0.552. The summed E-state index contributed by atoms with van der Waals surface area (Å²) in [6.45, 7) is 7.84. The number of methoxy groups -OCH3 is 2. The number of benzene rings is 2. The second-order valence-electron chi connectivity index (χ2n) is 9.57. The van der Waals surface area contributed by atoms with Crippen molar-refractivity contribution >= 4 is 27.8 Å². The first-order chi connectivity index (χ1) is 18.2. The van der Waals surface area contributed by atoms with Crippen LogP contribution in [0.2, 0.25) is 0 Å². The Bertz CT molecular complexity index is 1200. The highest BCUT2D eigenvalue weighted by molar-refractivity contribution is 8.00. The first-order valence-corrected chi connectivity index (χ1v) is 15.5. The van der Waals surface area contributed by atoms with Gasteiger partial charge in [0.1, 0.15) is 0 Å². The monoisotopic (exact) mass is 561 g/mol. The second-order valence-corrected chi connectivity index (χ2v) is 12.6. The quantitative estimate of drug-likeness (QED) is 0.221. The average Bonchev–Trinajstić information content (AvgIpc) is 3.24. The second kappa shape index (κ2) is 13.5. The first-order valence-electron chi connectivity index (χ1n) is 13.0. The number of thioether (sulfide) groups is 1. The summed E-state index contributed by atoms with van der Waals surface area (Å²) in [5, 5.41) is 10.1. The molecule has 38 heavy (non-hydrogen) atoms. The minimum atomic E-state index is -4.05. The smallest absolute Gasteiger partial charge is 0.309 e. The van der Waals surface area contributed by atoms with Crippen LogP contribution in [0.3, 0.4) is 0 Å². The van der Waals surface area contributed by atoms with Crippen molar-refractivity contribution in [3.05, 3.63) is 66.2 Å². The molecule has 1 saturated heterocycles. The standard InChI is InChI=1S/C29H39NO6S2/c1-6-8-9-10-11-23-28(37-18-7-2)26(29(31)32)27(21-14-17-24(35-4)25(19-21)36-5)30(23)38(33,34)22-15-12-20(3)13-16-22/h7,12-17,19,23,26-28H,2,6,8-11,18H2,1,3-5H3,(H,31,32)/t23-,26+,27+,28-/m1/s1. The molecule has 2 aromatic rings. The molecule has 1 N–H and O–H groups in total. The molecule has 4 atom stereocenters. The Balaban J connectivity index is 2.24. The number of hydrogen-bond donors (Lipinski definition) is 1. The van der Waals surface area contributed by atoms with Gasteiger partial charge in [-0.1, -0.05) is 62.4 Å². The zero-order valence-corrected chi connectivity index (χ0v) is 24.3. The Hall–Kier alpha value is -2.49. The number of nitrogens with zero attached hydrogens (tertiary/aromatic N) is 1. The molecule has 3 rings (SSSR count). The van der Waals surface area contributed by atoms with E-state index in [1.165, 1.54) is 30.3 Å². The van der Waals surface area contributed by atoms with Gasteiger partial charge in [0.25, 0.3) is 0 Å². The van der Waals surface area contributed by atoms with Crippen LogP contribution in [-0.2, 0) is 14.8 Å².